The van der Waals surface area contributed by atoms with E-state index in [2.05, 4.69) is 9.69 Å². The van der Waals surface area contributed by atoms with Gasteiger partial charge in [0.15, 0.2) is 16.7 Å². The molecule has 0 unspecified atom stereocenters. The maximum absolute atomic E-state index is 10.3. The largest absolute Gasteiger partial charge is 0.486 e. The van der Waals surface area contributed by atoms with Crippen molar-refractivity contribution in [1.29, 1.82) is 5.26 Å². The van der Waals surface area contributed by atoms with E-state index in [9.17, 15) is 5.11 Å². The number of ether oxygens (including phenoxy) is 2. The molecule has 2 N–H and O–H groups in total. The average molecular weight is 372 g/mol. The molecule has 1 aliphatic rings. The number of benzene rings is 1. The Balaban J connectivity index is 1.75. The third-order valence-electron chi connectivity index (χ3n) is 3.22. The molecule has 23 heavy (non-hydrogen) atoms. The molecule has 9 heteroatoms. The zero-order chi connectivity index (χ0) is 16.4. The van der Waals surface area contributed by atoms with Crippen molar-refractivity contribution < 1.29 is 14.6 Å². The van der Waals surface area contributed by atoms with Crippen LogP contribution in [0.3, 0.4) is 0 Å². The van der Waals surface area contributed by atoms with Crippen LogP contribution in [0.15, 0.2) is 12.1 Å². The minimum atomic E-state index is -0.851. The van der Waals surface area contributed by atoms with Crippen molar-refractivity contribution in [3.63, 3.8) is 0 Å². The number of aliphatic hydroxyl groups is 1. The summed E-state index contributed by atoms with van der Waals surface area (Å²) in [4.78, 5) is 0. The first kappa shape index (κ1) is 16.1. The molecule has 2 aromatic rings. The number of aliphatic hydroxyl groups excluding tert-OH is 1. The first-order valence-electron chi connectivity index (χ1n) is 6.66. The Morgan fingerprint density at radius 2 is 2.17 bits per heavy atom. The van der Waals surface area contributed by atoms with Crippen LogP contribution in [0.25, 0.3) is 0 Å². The lowest BCUT2D eigenvalue weighted by Crippen LogP contribution is -2.17. The Hall–Kier alpha value is -1.72. The number of fused-ring (bicyclic) bond motifs is 1. The van der Waals surface area contributed by atoms with E-state index in [0.717, 1.165) is 11.5 Å². The molecule has 120 valence electrons. The van der Waals surface area contributed by atoms with Gasteiger partial charge in [0.25, 0.3) is 0 Å². The van der Waals surface area contributed by atoms with Crippen LogP contribution in [-0.2, 0) is 0 Å². The predicted octanol–water partition coefficient (Wildman–Crippen LogP) is 3.24. The molecule has 0 bridgehead atoms. The smallest absolute Gasteiger partial charge is 0.179 e. The Bertz CT molecular complexity index is 775. The quantitative estimate of drug-likeness (QED) is 0.857. The molecule has 0 fully saturated rings. The van der Waals surface area contributed by atoms with Crippen molar-refractivity contribution in [2.75, 3.05) is 25.1 Å². The summed E-state index contributed by atoms with van der Waals surface area (Å²) in [6.07, 6.45) is -0.851. The van der Waals surface area contributed by atoms with Crippen molar-refractivity contribution in [3.8, 4) is 17.6 Å². The van der Waals surface area contributed by atoms with Crippen LogP contribution in [0.1, 0.15) is 17.2 Å². The van der Waals surface area contributed by atoms with Gasteiger partial charge in [-0.3, -0.25) is 0 Å². The van der Waals surface area contributed by atoms with Gasteiger partial charge in [0.05, 0.1) is 11.1 Å². The lowest BCUT2D eigenvalue weighted by molar-refractivity contribution is 0.167. The first-order chi connectivity index (χ1) is 11.1. The Morgan fingerprint density at radius 3 is 2.96 bits per heavy atom. The molecule has 3 rings (SSSR count). The van der Waals surface area contributed by atoms with Gasteiger partial charge in [0.2, 0.25) is 0 Å². The van der Waals surface area contributed by atoms with Crippen LogP contribution in [-0.4, -0.2) is 29.2 Å². The number of anilines is 1. The number of halogens is 2. The van der Waals surface area contributed by atoms with Crippen molar-refractivity contribution in [1.82, 2.24) is 4.37 Å². The zero-order valence-electron chi connectivity index (χ0n) is 11.7. The number of nitriles is 1. The molecule has 0 saturated heterocycles. The van der Waals surface area contributed by atoms with Gasteiger partial charge in [-0.05, 0) is 29.2 Å². The van der Waals surface area contributed by atoms with Crippen molar-refractivity contribution in [2.24, 2.45) is 0 Å². The molecule has 2 heterocycles. The highest BCUT2D eigenvalue weighted by molar-refractivity contribution is 7.10. The predicted molar refractivity (Wildman–Crippen MR) is 87.7 cm³/mol. The summed E-state index contributed by atoms with van der Waals surface area (Å²) in [5.41, 5.74) is 0.852. The van der Waals surface area contributed by atoms with Crippen LogP contribution in [0.5, 0.6) is 11.5 Å². The highest BCUT2D eigenvalue weighted by atomic mass is 35.5. The minimum absolute atomic E-state index is 0.150. The van der Waals surface area contributed by atoms with Crippen LogP contribution >= 0.6 is 34.7 Å². The van der Waals surface area contributed by atoms with Crippen LogP contribution < -0.4 is 14.8 Å². The van der Waals surface area contributed by atoms with Crippen molar-refractivity contribution in [3.05, 3.63) is 33.4 Å². The normalized spacial score (nSPS) is 14.2. The highest BCUT2D eigenvalue weighted by Gasteiger charge is 2.20. The van der Waals surface area contributed by atoms with E-state index in [1.165, 1.54) is 0 Å². The van der Waals surface area contributed by atoms with E-state index < -0.39 is 6.10 Å². The summed E-state index contributed by atoms with van der Waals surface area (Å²) in [5.74, 6) is 0.999. The molecule has 6 nitrogen and oxygen atoms in total. The lowest BCUT2D eigenvalue weighted by Gasteiger charge is -2.21. The van der Waals surface area contributed by atoms with Gasteiger partial charge >= 0.3 is 0 Å². The molecule has 0 amide bonds. The summed E-state index contributed by atoms with van der Waals surface area (Å²) in [5, 5.41) is 23.4. The second-order valence-corrected chi connectivity index (χ2v) is 6.25. The molecule has 0 spiro atoms. The van der Waals surface area contributed by atoms with Gasteiger partial charge in [0, 0.05) is 6.54 Å². The van der Waals surface area contributed by atoms with Crippen LogP contribution in [0, 0.1) is 11.3 Å². The van der Waals surface area contributed by atoms with E-state index in [1.807, 2.05) is 6.07 Å². The molecular formula is C14H11Cl2N3O3S. The van der Waals surface area contributed by atoms with Crippen molar-refractivity contribution in [2.45, 2.75) is 6.10 Å². The molecule has 1 aromatic carbocycles. The maximum atomic E-state index is 10.3. The number of nitrogens with zero attached hydrogens (tertiary/aromatic N) is 2. The summed E-state index contributed by atoms with van der Waals surface area (Å²) in [6.45, 7) is 1.05. The summed E-state index contributed by atoms with van der Waals surface area (Å²) >= 11 is 13.0. The topological polar surface area (TPSA) is 87.4 Å². The van der Waals surface area contributed by atoms with E-state index >= 15 is 0 Å². The first-order valence-corrected chi connectivity index (χ1v) is 8.19. The fourth-order valence-corrected chi connectivity index (χ4v) is 3.33. The number of rotatable bonds is 4. The molecular weight excluding hydrogens is 361 g/mol. The average Bonchev–Trinajstić information content (AvgIpc) is 2.92. The molecule has 0 saturated carbocycles. The van der Waals surface area contributed by atoms with E-state index in [-0.39, 0.29) is 17.3 Å². The fourth-order valence-electron chi connectivity index (χ4n) is 2.12. The number of hydrogen-bond acceptors (Lipinski definition) is 7. The molecule has 1 aromatic heterocycles. The Labute approximate surface area is 146 Å². The van der Waals surface area contributed by atoms with Gasteiger partial charge in [-0.2, -0.15) is 9.64 Å². The summed E-state index contributed by atoms with van der Waals surface area (Å²) in [6, 6.07) is 5.29. The second kappa shape index (κ2) is 6.81. The molecule has 0 radical (unpaired) electrons. The van der Waals surface area contributed by atoms with Crippen LogP contribution in [0.2, 0.25) is 10.2 Å². The SMILES string of the molecule is N#Cc1c(Cl)nsc1NC[C@H](O)c1cc(Cl)c2c(c1)OCCO2. The Morgan fingerprint density at radius 1 is 1.39 bits per heavy atom. The van der Waals surface area contributed by atoms with Crippen LogP contribution in [0.4, 0.5) is 5.00 Å². The maximum Gasteiger partial charge on any atom is 0.179 e. The fraction of sp³-hybridized carbons (Fsp3) is 0.286. The van der Waals surface area contributed by atoms with E-state index in [1.54, 1.807) is 12.1 Å². The van der Waals surface area contributed by atoms with Crippen molar-refractivity contribution >= 4 is 39.7 Å². The minimum Gasteiger partial charge on any atom is -0.486 e. The van der Waals surface area contributed by atoms with Gasteiger partial charge in [0.1, 0.15) is 29.8 Å². The van der Waals surface area contributed by atoms with Gasteiger partial charge in [-0.1, -0.05) is 23.2 Å². The van der Waals surface area contributed by atoms with Gasteiger partial charge in [-0.15, -0.1) is 0 Å². The third-order valence-corrected chi connectivity index (χ3v) is 4.68. The van der Waals surface area contributed by atoms with Gasteiger partial charge in [-0.25, -0.2) is 0 Å². The third kappa shape index (κ3) is 3.31. The number of aromatic nitrogens is 1. The molecule has 1 atom stereocenters. The number of hydrogen-bond donors (Lipinski definition) is 2. The standard InChI is InChI=1S/C14H11Cl2N3O3S/c15-9-3-7(4-11-12(9)22-2-1-21-11)10(20)6-18-14-8(5-17)13(16)19-23-14/h3-4,10,18,20H,1-2,6H2/t10-/m0/s1. The lowest BCUT2D eigenvalue weighted by atomic mass is 10.1. The molecule has 0 aliphatic carbocycles. The van der Waals surface area contributed by atoms with E-state index in [4.69, 9.17) is 37.9 Å². The monoisotopic (exact) mass is 371 g/mol. The Kier molecular flexibility index (Phi) is 4.78. The second-order valence-electron chi connectivity index (χ2n) is 4.71. The zero-order valence-corrected chi connectivity index (χ0v) is 14.0. The van der Waals surface area contributed by atoms with Gasteiger partial charge < -0.3 is 19.9 Å². The highest BCUT2D eigenvalue weighted by Crippen LogP contribution is 2.39. The summed E-state index contributed by atoms with van der Waals surface area (Å²) in [7, 11) is 0. The molecule has 1 aliphatic heterocycles. The number of nitrogens with one attached hydrogen (secondary N) is 1. The summed E-state index contributed by atoms with van der Waals surface area (Å²) < 4.78 is 14.8. The van der Waals surface area contributed by atoms with E-state index in [0.29, 0.717) is 40.3 Å².